The summed E-state index contributed by atoms with van der Waals surface area (Å²) in [5.74, 6) is -4.11. The van der Waals surface area contributed by atoms with Crippen molar-refractivity contribution in [1.82, 2.24) is 19.9 Å². The Morgan fingerprint density at radius 1 is 0.948 bits per heavy atom. The third-order valence-corrected chi connectivity index (χ3v) is 17.5. The van der Waals surface area contributed by atoms with E-state index in [2.05, 4.69) is 15.5 Å². The highest BCUT2D eigenvalue weighted by atomic mass is 32.2. The summed E-state index contributed by atoms with van der Waals surface area (Å²) in [7, 11) is 2.79. The minimum absolute atomic E-state index is 0.0627. The van der Waals surface area contributed by atoms with Gasteiger partial charge in [0.05, 0.1) is 63.9 Å². The first-order valence-electron chi connectivity index (χ1n) is 26.5. The molecule has 22 nitrogen and oxygen atoms in total. The molecule has 0 radical (unpaired) electrons. The number of carbonyl (C=O) groups is 1. The molecule has 3 saturated heterocycles. The van der Waals surface area contributed by atoms with Crippen molar-refractivity contribution < 1.29 is 85.9 Å². The average molecular weight is 1120 g/mol. The lowest BCUT2D eigenvalue weighted by Crippen LogP contribution is -2.61. The van der Waals surface area contributed by atoms with Crippen molar-refractivity contribution in [3.8, 4) is 0 Å². The number of oxime groups is 1. The summed E-state index contributed by atoms with van der Waals surface area (Å²) in [6, 6.07) is 3.86. The van der Waals surface area contributed by atoms with Crippen LogP contribution in [0.3, 0.4) is 0 Å². The number of ether oxygens (including phenoxy) is 8. The molecule has 0 saturated carbocycles. The van der Waals surface area contributed by atoms with Crippen molar-refractivity contribution in [1.29, 1.82) is 0 Å². The molecule has 0 spiro atoms. The average Bonchev–Trinajstić information content (AvgIpc) is 3.86. The van der Waals surface area contributed by atoms with Gasteiger partial charge in [-0.25, -0.2) is 17.5 Å². The smallest absolute Gasteiger partial charge is 0.311 e. The van der Waals surface area contributed by atoms with E-state index < -0.39 is 143 Å². The Morgan fingerprint density at radius 2 is 1.60 bits per heavy atom. The highest BCUT2D eigenvalue weighted by molar-refractivity contribution is 7.90. The molecule has 2 aromatic rings. The van der Waals surface area contributed by atoms with E-state index in [0.717, 1.165) is 6.26 Å². The summed E-state index contributed by atoms with van der Waals surface area (Å²) < 4.78 is 90.1. The number of alkyl halides is 1. The number of rotatable bonds is 19. The van der Waals surface area contributed by atoms with Gasteiger partial charge in [-0.15, -0.1) is 5.10 Å². The third-order valence-electron chi connectivity index (χ3n) is 16.3. The molecule has 440 valence electrons. The Morgan fingerprint density at radius 3 is 2.18 bits per heavy atom. The maximum Gasteiger partial charge on any atom is 0.311 e. The van der Waals surface area contributed by atoms with Crippen LogP contribution in [0.2, 0.25) is 0 Å². The lowest BCUT2D eigenvalue weighted by Gasteiger charge is -2.50. The molecule has 4 heterocycles. The number of esters is 1. The predicted molar refractivity (Wildman–Crippen MR) is 279 cm³/mol. The number of hydrogen-bond donors (Lipinski definition) is 5. The molecule has 0 amide bonds. The van der Waals surface area contributed by atoms with Gasteiger partial charge in [0.2, 0.25) is 6.79 Å². The van der Waals surface area contributed by atoms with E-state index >= 15 is 0 Å². The van der Waals surface area contributed by atoms with Gasteiger partial charge in [0.25, 0.3) is 0 Å². The first kappa shape index (κ1) is 64.5. The van der Waals surface area contributed by atoms with Gasteiger partial charge in [-0.05, 0) is 85.5 Å². The SMILES string of the molecule is CC[C@H]1OC(=O)[C@H](C)[C@@H](O[C@H]2C[C@@](C)(OC)[C@@H](O)[C@H](C)O2)[C@H](C)[C@@H](O[C@@H]2O[C@H](C)C[C@H](N(C)CCc3cn([C@H](CF)[C@H](O)c4ccc(S(C)(=O)=O)cc4)nn3)[C@H]2O)[C@](C)(OC)C[C@@H](C)/C(=N\OCOC)[C@H](C)[C@@H](O)[C@]1(C)O. The fourth-order valence-corrected chi connectivity index (χ4v) is 12.0. The maximum absolute atomic E-state index is 14.6. The number of nitrogens with zero attached hydrogens (tertiary/aromatic N) is 5. The molecular formula is C53H88FN5O17S. The van der Waals surface area contributed by atoms with Crippen molar-refractivity contribution in [2.24, 2.45) is 28.8 Å². The first-order valence-corrected chi connectivity index (χ1v) is 28.4. The molecule has 77 heavy (non-hydrogen) atoms. The summed E-state index contributed by atoms with van der Waals surface area (Å²) in [5.41, 5.74) is -3.30. The molecule has 20 atom stereocenters. The highest BCUT2D eigenvalue weighted by Gasteiger charge is 2.54. The summed E-state index contributed by atoms with van der Waals surface area (Å²) in [6.07, 6.45) is -8.45. The number of cyclic esters (lactones) is 1. The van der Waals surface area contributed by atoms with Crippen molar-refractivity contribution in [2.45, 2.75) is 203 Å². The van der Waals surface area contributed by atoms with Crippen LogP contribution in [0.25, 0.3) is 0 Å². The van der Waals surface area contributed by atoms with E-state index in [0.29, 0.717) is 36.4 Å². The summed E-state index contributed by atoms with van der Waals surface area (Å²) >= 11 is 0. The van der Waals surface area contributed by atoms with Gasteiger partial charge in [-0.1, -0.05) is 50.2 Å². The topological polar surface area (TPSA) is 282 Å². The lowest BCUT2D eigenvalue weighted by molar-refractivity contribution is -0.319. The zero-order valence-electron chi connectivity index (χ0n) is 47.5. The lowest BCUT2D eigenvalue weighted by atomic mass is 9.73. The molecule has 3 fully saturated rings. The van der Waals surface area contributed by atoms with Gasteiger partial charge < -0.3 is 73.2 Å². The second-order valence-corrected chi connectivity index (χ2v) is 24.3. The molecule has 3 aliphatic rings. The number of carbonyl (C=O) groups excluding carboxylic acids is 1. The second kappa shape index (κ2) is 27.0. The summed E-state index contributed by atoms with van der Waals surface area (Å²) in [5, 5.41) is 71.6. The standard InChI is InChI=1S/C53H88FN5O17S/c1-16-40-53(10,65)46(62)31(4)42(56-71-28-68-12)29(2)24-52(9,70-14)48(32(5)45(33(6)49(64)74-40)75-41-25-51(8,69-13)47(63)34(7)73-41)76-50-44(61)38(23-30(3)72-50)58(11)22-21-36-27-59(57-55-36)39(26-54)43(60)35-17-19-37(20-18-35)77(15,66)67/h17-20,27,29-34,38-41,43-48,50,60-63,65H,16,21-26,28H2,1-15H3/b56-42+/t29-,30-,31+,32+,33-,34+,38+,39-,40-,41+,43-,44-,45+,46-,47+,48-,50+,51-,52-,53-/m1/s1. The van der Waals surface area contributed by atoms with Gasteiger partial charge in [0.15, 0.2) is 22.4 Å². The zero-order chi connectivity index (χ0) is 57.5. The van der Waals surface area contributed by atoms with Crippen molar-refractivity contribution in [3.63, 3.8) is 0 Å². The Kier molecular flexibility index (Phi) is 22.6. The molecule has 1 aromatic heterocycles. The number of sulfone groups is 1. The van der Waals surface area contributed by atoms with Gasteiger partial charge in [0, 0.05) is 77.0 Å². The Labute approximate surface area is 453 Å². The highest BCUT2D eigenvalue weighted by Crippen LogP contribution is 2.42. The summed E-state index contributed by atoms with van der Waals surface area (Å²) in [6.45, 7) is 16.4. The van der Waals surface area contributed by atoms with E-state index in [1.807, 2.05) is 39.6 Å². The monoisotopic (exact) mass is 1120 g/mol. The number of halogens is 1. The van der Waals surface area contributed by atoms with E-state index in [9.17, 15) is 43.1 Å². The number of benzene rings is 1. The maximum atomic E-state index is 14.6. The minimum Gasteiger partial charge on any atom is -0.459 e. The largest absolute Gasteiger partial charge is 0.459 e. The molecule has 1 aromatic carbocycles. The molecule has 0 bridgehead atoms. The van der Waals surface area contributed by atoms with Crippen molar-refractivity contribution >= 4 is 21.5 Å². The molecule has 24 heteroatoms. The number of aliphatic hydroxyl groups is 5. The van der Waals surface area contributed by atoms with Crippen LogP contribution in [0.15, 0.2) is 40.5 Å². The van der Waals surface area contributed by atoms with E-state index in [-0.39, 0.29) is 31.0 Å². The quantitative estimate of drug-likeness (QED) is 0.0580. The fraction of sp³-hybridized carbons (Fsp3) is 0.811. The van der Waals surface area contributed by atoms with Crippen LogP contribution in [-0.4, -0.2) is 204 Å². The number of methoxy groups -OCH3 is 3. The van der Waals surface area contributed by atoms with Crippen LogP contribution in [0, 0.1) is 23.7 Å². The van der Waals surface area contributed by atoms with Crippen LogP contribution in [0.5, 0.6) is 0 Å². The Bertz CT molecular complexity index is 2330. The van der Waals surface area contributed by atoms with Crippen molar-refractivity contribution in [3.05, 3.63) is 41.7 Å². The van der Waals surface area contributed by atoms with Crippen LogP contribution in [-0.2, 0) is 63.8 Å². The number of hydrogen-bond acceptors (Lipinski definition) is 21. The normalized spacial score (nSPS) is 38.5. The third kappa shape index (κ3) is 15.0. The summed E-state index contributed by atoms with van der Waals surface area (Å²) in [4.78, 5) is 22.2. The van der Waals surface area contributed by atoms with E-state index in [1.165, 1.54) is 57.2 Å². The first-order chi connectivity index (χ1) is 36.0. The molecular weight excluding hydrogens is 1030 g/mol. The Hall–Kier alpha value is -3.34. The number of aliphatic hydroxyl groups excluding tert-OH is 4. The number of likely N-dealkylation sites (N-methyl/N-ethyl adjacent to an activating group) is 1. The van der Waals surface area contributed by atoms with Crippen LogP contribution in [0.4, 0.5) is 4.39 Å². The van der Waals surface area contributed by atoms with Gasteiger partial charge >= 0.3 is 5.97 Å². The number of aromatic nitrogens is 3. The minimum atomic E-state index is -3.48. The molecule has 3 aliphatic heterocycles. The predicted octanol–water partition coefficient (Wildman–Crippen LogP) is 3.70. The van der Waals surface area contributed by atoms with E-state index in [4.69, 9.17) is 42.7 Å². The van der Waals surface area contributed by atoms with Crippen LogP contribution < -0.4 is 0 Å². The van der Waals surface area contributed by atoms with Gasteiger partial charge in [0.1, 0.15) is 42.7 Å². The fourth-order valence-electron chi connectivity index (χ4n) is 11.3. The van der Waals surface area contributed by atoms with Gasteiger partial charge in [-0.2, -0.15) is 0 Å². The Balaban J connectivity index is 1.50. The second-order valence-electron chi connectivity index (χ2n) is 22.2. The zero-order valence-corrected chi connectivity index (χ0v) is 48.3. The molecule has 0 unspecified atom stereocenters. The van der Waals surface area contributed by atoms with Crippen LogP contribution in [0.1, 0.15) is 118 Å². The molecule has 0 aliphatic carbocycles. The van der Waals surface area contributed by atoms with Crippen LogP contribution >= 0.6 is 0 Å². The van der Waals surface area contributed by atoms with Gasteiger partial charge in [-0.3, -0.25) is 4.79 Å². The van der Waals surface area contributed by atoms with E-state index in [1.54, 1.807) is 40.8 Å². The van der Waals surface area contributed by atoms with Crippen molar-refractivity contribution in [2.75, 3.05) is 54.6 Å². The molecule has 5 N–H and O–H groups in total. The molecule has 5 rings (SSSR count).